The van der Waals surface area contributed by atoms with Crippen molar-refractivity contribution in [3.05, 3.63) is 39.2 Å². The summed E-state index contributed by atoms with van der Waals surface area (Å²) in [5.41, 5.74) is 1.31. The Morgan fingerprint density at radius 1 is 1.28 bits per heavy atom. The molecule has 0 fully saturated rings. The van der Waals surface area contributed by atoms with Crippen LogP contribution in [-0.4, -0.2) is 28.7 Å². The zero-order valence-electron chi connectivity index (χ0n) is 14.6. The van der Waals surface area contributed by atoms with Crippen LogP contribution in [0.3, 0.4) is 0 Å². The van der Waals surface area contributed by atoms with Gasteiger partial charge in [-0.15, -0.1) is 0 Å². The number of hydrogen-bond acceptors (Lipinski definition) is 5. The molecule has 1 aromatic heterocycles. The summed E-state index contributed by atoms with van der Waals surface area (Å²) in [5.74, 6) is 0.431. The second kappa shape index (κ2) is 5.81. The van der Waals surface area contributed by atoms with E-state index in [-0.39, 0.29) is 18.6 Å². The van der Waals surface area contributed by atoms with Crippen molar-refractivity contribution in [1.82, 2.24) is 9.88 Å². The molecule has 1 aliphatic rings. The van der Waals surface area contributed by atoms with Gasteiger partial charge in [0.1, 0.15) is 17.4 Å². The first-order valence-corrected chi connectivity index (χ1v) is 7.87. The number of rotatable bonds is 1. The van der Waals surface area contributed by atoms with Crippen LogP contribution < -0.4 is 10.3 Å². The minimum atomic E-state index is -0.606. The van der Waals surface area contributed by atoms with Gasteiger partial charge in [0.05, 0.1) is 31.3 Å². The Morgan fingerprint density at radius 3 is 2.56 bits per heavy atom. The predicted molar refractivity (Wildman–Crippen MR) is 91.3 cm³/mol. The van der Waals surface area contributed by atoms with Gasteiger partial charge >= 0.3 is 6.09 Å². The average molecular weight is 341 g/mol. The van der Waals surface area contributed by atoms with E-state index in [1.54, 1.807) is 32.9 Å². The summed E-state index contributed by atoms with van der Waals surface area (Å²) in [6, 6.07) is 5.36. The Kier molecular flexibility index (Phi) is 3.91. The van der Waals surface area contributed by atoms with Crippen molar-refractivity contribution in [3.8, 4) is 11.8 Å². The molecule has 1 amide bonds. The van der Waals surface area contributed by atoms with E-state index >= 15 is 0 Å². The summed E-state index contributed by atoms with van der Waals surface area (Å²) in [6.45, 7) is 5.86. The molecule has 0 saturated heterocycles. The maximum absolute atomic E-state index is 12.4. The van der Waals surface area contributed by atoms with Crippen molar-refractivity contribution < 1.29 is 14.3 Å². The van der Waals surface area contributed by atoms with E-state index in [4.69, 9.17) is 9.47 Å². The minimum absolute atomic E-state index is 0.192. The highest BCUT2D eigenvalue weighted by Crippen LogP contribution is 2.32. The summed E-state index contributed by atoms with van der Waals surface area (Å²) < 4.78 is 10.6. The number of nitrogens with zero attached hydrogens (tertiary/aromatic N) is 2. The Balaban J connectivity index is 2.07. The van der Waals surface area contributed by atoms with E-state index in [1.165, 1.54) is 12.0 Å². The number of nitriles is 1. The molecule has 2 aromatic rings. The molecular formula is C18H19N3O4. The lowest BCUT2D eigenvalue weighted by atomic mass is 10.0. The minimum Gasteiger partial charge on any atom is -0.495 e. The fourth-order valence-electron chi connectivity index (χ4n) is 2.93. The van der Waals surface area contributed by atoms with Crippen LogP contribution in [-0.2, 0) is 17.8 Å². The smallest absolute Gasteiger partial charge is 0.410 e. The van der Waals surface area contributed by atoms with Crippen LogP contribution in [0.2, 0.25) is 0 Å². The zero-order valence-corrected chi connectivity index (χ0v) is 14.6. The van der Waals surface area contributed by atoms with Gasteiger partial charge in [0.15, 0.2) is 0 Å². The third-order valence-corrected chi connectivity index (χ3v) is 4.02. The first-order chi connectivity index (χ1) is 11.7. The van der Waals surface area contributed by atoms with E-state index in [2.05, 4.69) is 4.98 Å². The topological polar surface area (TPSA) is 95.4 Å². The number of ether oxygens (including phenoxy) is 2. The van der Waals surface area contributed by atoms with Gasteiger partial charge in [0, 0.05) is 10.9 Å². The number of nitrogens with one attached hydrogen (secondary N) is 1. The predicted octanol–water partition coefficient (Wildman–Crippen LogP) is 2.66. The van der Waals surface area contributed by atoms with Gasteiger partial charge in [-0.25, -0.2) is 4.79 Å². The molecule has 3 rings (SSSR count). The SMILES string of the molecule is COc1cc2c3c(c(=O)[nH]c2cc1C#N)CN(C(=O)OC(C)(C)C)C3. The summed E-state index contributed by atoms with van der Waals surface area (Å²) in [4.78, 5) is 29.0. The van der Waals surface area contributed by atoms with Gasteiger partial charge in [-0.1, -0.05) is 0 Å². The van der Waals surface area contributed by atoms with E-state index in [0.29, 0.717) is 22.4 Å². The van der Waals surface area contributed by atoms with E-state index in [1.807, 2.05) is 6.07 Å². The highest BCUT2D eigenvalue weighted by molar-refractivity contribution is 5.87. The number of methoxy groups -OCH3 is 1. The first-order valence-electron chi connectivity index (χ1n) is 7.87. The second-order valence-electron chi connectivity index (χ2n) is 6.96. The lowest BCUT2D eigenvalue weighted by Gasteiger charge is -2.24. The number of benzene rings is 1. The number of carbonyl (C=O) groups is 1. The Bertz CT molecular complexity index is 963. The van der Waals surface area contributed by atoms with Crippen LogP contribution in [0.1, 0.15) is 37.5 Å². The van der Waals surface area contributed by atoms with Crippen LogP contribution in [0, 0.1) is 11.3 Å². The molecular weight excluding hydrogens is 322 g/mol. The third kappa shape index (κ3) is 3.03. The number of H-pyrrole nitrogens is 1. The van der Waals surface area contributed by atoms with Crippen molar-refractivity contribution >= 4 is 17.0 Å². The lowest BCUT2D eigenvalue weighted by molar-refractivity contribution is 0.0242. The number of carbonyl (C=O) groups excluding carboxylic acids is 1. The molecule has 0 bridgehead atoms. The number of hydrogen-bond donors (Lipinski definition) is 1. The molecule has 7 nitrogen and oxygen atoms in total. The van der Waals surface area contributed by atoms with Gasteiger partial charge in [0.2, 0.25) is 0 Å². The molecule has 2 heterocycles. The molecule has 1 aliphatic heterocycles. The van der Waals surface area contributed by atoms with Gasteiger partial charge in [0.25, 0.3) is 5.56 Å². The Morgan fingerprint density at radius 2 is 1.96 bits per heavy atom. The molecule has 0 spiro atoms. The Labute approximate surface area is 144 Å². The van der Waals surface area contributed by atoms with Gasteiger partial charge in [-0.05, 0) is 38.5 Å². The summed E-state index contributed by atoms with van der Waals surface area (Å²) in [6.07, 6.45) is -0.461. The van der Waals surface area contributed by atoms with Crippen molar-refractivity contribution in [2.45, 2.75) is 39.5 Å². The highest BCUT2D eigenvalue weighted by Gasteiger charge is 2.31. The molecule has 7 heteroatoms. The van der Waals surface area contributed by atoms with Gasteiger partial charge in [-0.2, -0.15) is 5.26 Å². The third-order valence-electron chi connectivity index (χ3n) is 4.02. The number of fused-ring (bicyclic) bond motifs is 3. The second-order valence-corrected chi connectivity index (χ2v) is 6.96. The molecule has 130 valence electrons. The average Bonchev–Trinajstić information content (AvgIpc) is 2.98. The number of aromatic amines is 1. The molecule has 0 saturated carbocycles. The lowest BCUT2D eigenvalue weighted by Crippen LogP contribution is -2.33. The summed E-state index contributed by atoms with van der Waals surface area (Å²) >= 11 is 0. The highest BCUT2D eigenvalue weighted by atomic mass is 16.6. The maximum Gasteiger partial charge on any atom is 0.410 e. The van der Waals surface area contributed by atoms with Crippen LogP contribution in [0.25, 0.3) is 10.9 Å². The molecule has 0 aliphatic carbocycles. The fourth-order valence-corrected chi connectivity index (χ4v) is 2.93. The van der Waals surface area contributed by atoms with Crippen LogP contribution in [0.5, 0.6) is 5.75 Å². The molecule has 0 radical (unpaired) electrons. The zero-order chi connectivity index (χ0) is 18.4. The van der Waals surface area contributed by atoms with E-state index in [0.717, 1.165) is 10.9 Å². The molecule has 0 unspecified atom stereocenters. The Hall–Kier alpha value is -3.01. The molecule has 25 heavy (non-hydrogen) atoms. The quantitative estimate of drug-likeness (QED) is 0.860. The van der Waals surface area contributed by atoms with Crippen molar-refractivity contribution in [1.29, 1.82) is 5.26 Å². The van der Waals surface area contributed by atoms with Crippen molar-refractivity contribution in [3.63, 3.8) is 0 Å². The summed E-state index contributed by atoms with van der Waals surface area (Å²) in [7, 11) is 1.49. The fraction of sp³-hybridized carbons (Fsp3) is 0.389. The van der Waals surface area contributed by atoms with Crippen LogP contribution >= 0.6 is 0 Å². The normalized spacial score (nSPS) is 13.5. The first kappa shape index (κ1) is 16.8. The van der Waals surface area contributed by atoms with E-state index in [9.17, 15) is 14.9 Å². The van der Waals surface area contributed by atoms with Crippen LogP contribution in [0.4, 0.5) is 4.79 Å². The number of aromatic nitrogens is 1. The standard InChI is InChI=1S/C18H19N3O4/c1-18(2,3)25-17(23)21-8-12-11-6-15(24-4)10(7-19)5-14(11)20-16(22)13(12)9-21/h5-6H,8-9H2,1-4H3,(H,20,22). The number of amides is 1. The van der Waals surface area contributed by atoms with Gasteiger partial charge in [-0.3, -0.25) is 9.69 Å². The van der Waals surface area contributed by atoms with Crippen molar-refractivity contribution in [2.24, 2.45) is 0 Å². The van der Waals surface area contributed by atoms with E-state index < -0.39 is 11.7 Å². The van der Waals surface area contributed by atoms with Gasteiger partial charge < -0.3 is 14.5 Å². The largest absolute Gasteiger partial charge is 0.495 e. The monoisotopic (exact) mass is 341 g/mol. The molecule has 1 N–H and O–H groups in total. The van der Waals surface area contributed by atoms with Crippen LogP contribution in [0.15, 0.2) is 16.9 Å². The van der Waals surface area contributed by atoms with Crippen molar-refractivity contribution in [2.75, 3.05) is 7.11 Å². The molecule has 1 aromatic carbocycles. The number of pyridine rings is 1. The summed E-state index contributed by atoms with van der Waals surface area (Å²) in [5, 5.41) is 9.96. The maximum atomic E-state index is 12.4. The molecule has 0 atom stereocenters.